The molecule has 0 aliphatic rings. The van der Waals surface area contributed by atoms with Gasteiger partial charge in [0.2, 0.25) is 0 Å². The molecule has 0 fully saturated rings. The Kier molecular flexibility index (Phi) is 46.3. The van der Waals surface area contributed by atoms with Gasteiger partial charge in [0.15, 0.2) is 6.10 Å². The molecule has 0 bridgehead atoms. The number of ether oxygens (including phenoxy) is 3. The van der Waals surface area contributed by atoms with E-state index < -0.39 is 6.10 Å². The first kappa shape index (κ1) is 56.1. The van der Waals surface area contributed by atoms with Gasteiger partial charge in [-0.15, -0.1) is 0 Å². The van der Waals surface area contributed by atoms with Crippen molar-refractivity contribution in [2.75, 3.05) is 13.2 Å². The zero-order valence-corrected chi connectivity index (χ0v) is 39.1. The van der Waals surface area contributed by atoms with Gasteiger partial charge in [0, 0.05) is 19.3 Å². The molecule has 0 heterocycles. The molecule has 342 valence electrons. The molecule has 58 heavy (non-hydrogen) atoms. The molecular weight excluding hydrogens is 721 g/mol. The van der Waals surface area contributed by atoms with Crippen molar-refractivity contribution in [3.63, 3.8) is 0 Å². The largest absolute Gasteiger partial charge is 0.462 e. The van der Waals surface area contributed by atoms with Gasteiger partial charge in [-0.2, -0.15) is 0 Å². The predicted molar refractivity (Wildman–Crippen MR) is 247 cm³/mol. The van der Waals surface area contributed by atoms with Gasteiger partial charge >= 0.3 is 17.9 Å². The SMILES string of the molecule is CCCCCC/C=C\CCCCCCCC(=O)OC(COC(=O)CCCCCCCCCCCCCC)COC(=O)CCCCCCCCCCCCCCCCC. The van der Waals surface area contributed by atoms with Crippen LogP contribution in [0.5, 0.6) is 0 Å². The normalized spacial score (nSPS) is 12.0. The number of carbonyl (C=O) groups is 3. The third-order valence-electron chi connectivity index (χ3n) is 11.5. The Morgan fingerprint density at radius 1 is 0.328 bits per heavy atom. The Morgan fingerprint density at radius 2 is 0.569 bits per heavy atom. The molecule has 0 aromatic heterocycles. The van der Waals surface area contributed by atoms with Gasteiger partial charge in [-0.25, -0.2) is 0 Å². The maximum Gasteiger partial charge on any atom is 0.306 e. The van der Waals surface area contributed by atoms with Crippen LogP contribution in [0, 0.1) is 0 Å². The fraction of sp³-hybridized carbons (Fsp3) is 0.904. The van der Waals surface area contributed by atoms with Crippen LogP contribution in [0.1, 0.15) is 284 Å². The van der Waals surface area contributed by atoms with Crippen molar-refractivity contribution in [3.05, 3.63) is 12.2 Å². The molecule has 0 aromatic carbocycles. The molecule has 0 rings (SSSR count). The van der Waals surface area contributed by atoms with Gasteiger partial charge in [-0.3, -0.25) is 14.4 Å². The van der Waals surface area contributed by atoms with Crippen LogP contribution in [-0.2, 0) is 28.6 Å². The summed E-state index contributed by atoms with van der Waals surface area (Å²) in [7, 11) is 0. The molecule has 6 nitrogen and oxygen atoms in total. The summed E-state index contributed by atoms with van der Waals surface area (Å²) in [5.74, 6) is -0.861. The summed E-state index contributed by atoms with van der Waals surface area (Å²) in [6.07, 6.45) is 51.9. The fourth-order valence-corrected chi connectivity index (χ4v) is 7.61. The van der Waals surface area contributed by atoms with Gasteiger partial charge in [0.05, 0.1) is 0 Å². The summed E-state index contributed by atoms with van der Waals surface area (Å²) in [6.45, 7) is 6.64. The van der Waals surface area contributed by atoms with Crippen molar-refractivity contribution < 1.29 is 28.6 Å². The lowest BCUT2D eigenvalue weighted by atomic mass is 10.0. The van der Waals surface area contributed by atoms with Crippen LogP contribution in [-0.4, -0.2) is 37.2 Å². The van der Waals surface area contributed by atoms with E-state index in [1.807, 2.05) is 0 Å². The molecule has 0 amide bonds. The highest BCUT2D eigenvalue weighted by molar-refractivity contribution is 5.71. The monoisotopic (exact) mass is 819 g/mol. The third kappa shape index (κ3) is 45.2. The minimum Gasteiger partial charge on any atom is -0.462 e. The van der Waals surface area contributed by atoms with Crippen LogP contribution in [0.15, 0.2) is 12.2 Å². The van der Waals surface area contributed by atoms with Gasteiger partial charge in [0.1, 0.15) is 13.2 Å². The van der Waals surface area contributed by atoms with E-state index >= 15 is 0 Å². The number of rotatable bonds is 47. The maximum atomic E-state index is 12.8. The summed E-state index contributed by atoms with van der Waals surface area (Å²) in [5.41, 5.74) is 0. The average Bonchev–Trinajstić information content (AvgIpc) is 3.22. The highest BCUT2D eigenvalue weighted by atomic mass is 16.6. The number of hydrogen-bond acceptors (Lipinski definition) is 6. The molecule has 0 aliphatic carbocycles. The molecule has 0 spiro atoms. The summed E-state index contributed by atoms with van der Waals surface area (Å²) in [6, 6.07) is 0. The lowest BCUT2D eigenvalue weighted by molar-refractivity contribution is -0.167. The predicted octanol–water partition coefficient (Wildman–Crippen LogP) is 16.6. The minimum absolute atomic E-state index is 0.0681. The van der Waals surface area contributed by atoms with E-state index in [0.717, 1.165) is 64.2 Å². The van der Waals surface area contributed by atoms with Crippen LogP contribution in [0.25, 0.3) is 0 Å². The summed E-state index contributed by atoms with van der Waals surface area (Å²) in [4.78, 5) is 37.9. The molecular formula is C52H98O6. The van der Waals surface area contributed by atoms with Gasteiger partial charge in [-0.05, 0) is 44.9 Å². The Balaban J connectivity index is 4.33. The molecule has 0 saturated heterocycles. The standard InChI is InChI=1S/C52H98O6/c1-4-7-10-13-16-19-22-25-26-28-30-33-36-39-42-45-51(54)57-48-49(47-56-50(53)44-41-38-35-32-29-24-21-18-15-12-9-6-3)58-52(55)46-43-40-37-34-31-27-23-20-17-14-11-8-5-2/h20,23,49H,4-19,21-22,24-48H2,1-3H3/b23-20-. The summed E-state index contributed by atoms with van der Waals surface area (Å²) >= 11 is 0. The molecule has 0 aromatic rings. The highest BCUT2D eigenvalue weighted by Gasteiger charge is 2.19. The quantitative estimate of drug-likeness (QED) is 0.0263. The summed E-state index contributed by atoms with van der Waals surface area (Å²) < 4.78 is 16.8. The van der Waals surface area contributed by atoms with E-state index in [1.165, 1.54) is 180 Å². The smallest absolute Gasteiger partial charge is 0.306 e. The Hall–Kier alpha value is -1.85. The van der Waals surface area contributed by atoms with Crippen molar-refractivity contribution in [1.82, 2.24) is 0 Å². The lowest BCUT2D eigenvalue weighted by Crippen LogP contribution is -2.30. The Bertz CT molecular complexity index is 900. The van der Waals surface area contributed by atoms with Crippen LogP contribution < -0.4 is 0 Å². The van der Waals surface area contributed by atoms with Crippen LogP contribution in [0.3, 0.4) is 0 Å². The topological polar surface area (TPSA) is 78.9 Å². The average molecular weight is 819 g/mol. The number of carbonyl (C=O) groups excluding carboxylic acids is 3. The molecule has 0 N–H and O–H groups in total. The maximum absolute atomic E-state index is 12.8. The van der Waals surface area contributed by atoms with Crippen LogP contribution >= 0.6 is 0 Å². The van der Waals surface area contributed by atoms with E-state index in [9.17, 15) is 14.4 Å². The van der Waals surface area contributed by atoms with Crippen molar-refractivity contribution in [1.29, 1.82) is 0 Å². The molecule has 0 aliphatic heterocycles. The first-order valence-corrected chi connectivity index (χ1v) is 25.7. The van der Waals surface area contributed by atoms with Crippen molar-refractivity contribution in [2.45, 2.75) is 290 Å². The second-order valence-corrected chi connectivity index (χ2v) is 17.4. The Labute approximate surface area is 360 Å². The van der Waals surface area contributed by atoms with E-state index in [2.05, 4.69) is 32.9 Å². The highest BCUT2D eigenvalue weighted by Crippen LogP contribution is 2.16. The number of allylic oxidation sites excluding steroid dienone is 2. The van der Waals surface area contributed by atoms with Crippen LogP contribution in [0.2, 0.25) is 0 Å². The van der Waals surface area contributed by atoms with E-state index in [-0.39, 0.29) is 31.1 Å². The second kappa shape index (κ2) is 47.8. The third-order valence-corrected chi connectivity index (χ3v) is 11.5. The van der Waals surface area contributed by atoms with Crippen molar-refractivity contribution in [2.24, 2.45) is 0 Å². The molecule has 1 unspecified atom stereocenters. The zero-order chi connectivity index (χ0) is 42.3. The minimum atomic E-state index is -0.766. The van der Waals surface area contributed by atoms with Gasteiger partial charge in [-0.1, -0.05) is 232 Å². The van der Waals surface area contributed by atoms with E-state index in [4.69, 9.17) is 14.2 Å². The first-order chi connectivity index (χ1) is 28.5. The first-order valence-electron chi connectivity index (χ1n) is 25.7. The number of hydrogen-bond donors (Lipinski definition) is 0. The van der Waals surface area contributed by atoms with Gasteiger partial charge < -0.3 is 14.2 Å². The van der Waals surface area contributed by atoms with Crippen LogP contribution in [0.4, 0.5) is 0 Å². The molecule has 1 atom stereocenters. The van der Waals surface area contributed by atoms with Crippen molar-refractivity contribution in [3.8, 4) is 0 Å². The van der Waals surface area contributed by atoms with E-state index in [1.54, 1.807) is 0 Å². The fourth-order valence-electron chi connectivity index (χ4n) is 7.61. The number of unbranched alkanes of at least 4 members (excludes halogenated alkanes) is 34. The van der Waals surface area contributed by atoms with Gasteiger partial charge in [0.25, 0.3) is 0 Å². The van der Waals surface area contributed by atoms with Crippen molar-refractivity contribution >= 4 is 17.9 Å². The number of esters is 3. The molecule has 0 saturated carbocycles. The zero-order valence-electron chi connectivity index (χ0n) is 39.1. The lowest BCUT2D eigenvalue weighted by Gasteiger charge is -2.18. The molecule has 6 heteroatoms. The molecule has 0 radical (unpaired) electrons. The Morgan fingerprint density at radius 3 is 0.879 bits per heavy atom. The second-order valence-electron chi connectivity index (χ2n) is 17.4. The van der Waals surface area contributed by atoms with E-state index in [0.29, 0.717) is 19.3 Å². The summed E-state index contributed by atoms with van der Waals surface area (Å²) in [5, 5.41) is 0.